The van der Waals surface area contributed by atoms with Gasteiger partial charge >= 0.3 is 0 Å². The molecule has 2 N–H and O–H groups in total. The van der Waals surface area contributed by atoms with E-state index in [2.05, 4.69) is 31.4 Å². The topological polar surface area (TPSA) is 33.3 Å². The number of hydrogen-bond acceptors (Lipinski definition) is 3. The van der Waals surface area contributed by atoms with Crippen LogP contribution < -0.4 is 15.4 Å². The summed E-state index contributed by atoms with van der Waals surface area (Å²) in [6, 6.07) is 8.07. The van der Waals surface area contributed by atoms with E-state index in [4.69, 9.17) is 4.74 Å². The minimum Gasteiger partial charge on any atom is -0.485 e. The molecule has 1 aromatic carbocycles. The number of hydrogen-bond donors (Lipinski definition) is 2. The number of anilines is 1. The molecule has 0 aliphatic carbocycles. The van der Waals surface area contributed by atoms with E-state index in [1.807, 2.05) is 24.3 Å². The Morgan fingerprint density at radius 3 is 2.88 bits per heavy atom. The molecule has 0 bridgehead atoms. The Balaban J connectivity index is 1.93. The zero-order valence-electron chi connectivity index (χ0n) is 10.2. The van der Waals surface area contributed by atoms with Crippen LogP contribution in [0.2, 0.25) is 0 Å². The van der Waals surface area contributed by atoms with E-state index in [0.29, 0.717) is 0 Å². The Labute approximate surface area is 97.2 Å². The summed E-state index contributed by atoms with van der Waals surface area (Å²) >= 11 is 0. The monoisotopic (exact) mass is 220 g/mol. The zero-order chi connectivity index (χ0) is 11.6. The highest BCUT2D eigenvalue weighted by molar-refractivity contribution is 5.57. The van der Waals surface area contributed by atoms with Gasteiger partial charge in [-0.25, -0.2) is 0 Å². The van der Waals surface area contributed by atoms with Gasteiger partial charge in [-0.3, -0.25) is 0 Å². The van der Waals surface area contributed by atoms with E-state index in [0.717, 1.165) is 24.5 Å². The fraction of sp³-hybridized carbons (Fsp3) is 0.538. The van der Waals surface area contributed by atoms with Gasteiger partial charge in [0.05, 0.1) is 12.2 Å². The molecule has 1 atom stereocenters. The normalized spacial score (nSPS) is 19.6. The van der Waals surface area contributed by atoms with Crippen molar-refractivity contribution in [2.24, 2.45) is 0 Å². The molecule has 0 radical (unpaired) electrons. The summed E-state index contributed by atoms with van der Waals surface area (Å²) in [5.41, 5.74) is 1.23. The Hall–Kier alpha value is -1.22. The first kappa shape index (κ1) is 11.3. The van der Waals surface area contributed by atoms with E-state index in [-0.39, 0.29) is 11.6 Å². The van der Waals surface area contributed by atoms with Crippen molar-refractivity contribution in [2.45, 2.75) is 32.4 Å². The Morgan fingerprint density at radius 1 is 1.38 bits per heavy atom. The molecular formula is C13H20N2O. The maximum atomic E-state index is 5.90. The molecule has 1 aromatic rings. The molecule has 3 heteroatoms. The SMILES string of the molecule is CC(C)(C)NCC1CNc2ccccc2O1. The van der Waals surface area contributed by atoms with Crippen LogP contribution in [0.4, 0.5) is 5.69 Å². The van der Waals surface area contributed by atoms with Gasteiger partial charge in [0.25, 0.3) is 0 Å². The molecule has 1 unspecified atom stereocenters. The second kappa shape index (κ2) is 4.34. The Kier molecular flexibility index (Phi) is 3.06. The number of fused-ring (bicyclic) bond motifs is 1. The van der Waals surface area contributed by atoms with Crippen LogP contribution in [0.1, 0.15) is 20.8 Å². The maximum Gasteiger partial charge on any atom is 0.142 e. The summed E-state index contributed by atoms with van der Waals surface area (Å²) in [7, 11) is 0. The summed E-state index contributed by atoms with van der Waals surface area (Å²) < 4.78 is 5.90. The van der Waals surface area contributed by atoms with Crippen molar-refractivity contribution in [1.29, 1.82) is 0 Å². The number of para-hydroxylation sites is 2. The van der Waals surface area contributed by atoms with E-state index in [1.165, 1.54) is 0 Å². The van der Waals surface area contributed by atoms with Crippen molar-refractivity contribution in [3.05, 3.63) is 24.3 Å². The van der Waals surface area contributed by atoms with Crippen LogP contribution in [0.3, 0.4) is 0 Å². The van der Waals surface area contributed by atoms with Gasteiger partial charge in [-0.1, -0.05) is 12.1 Å². The van der Waals surface area contributed by atoms with Gasteiger partial charge in [0.1, 0.15) is 11.9 Å². The van der Waals surface area contributed by atoms with E-state index in [1.54, 1.807) is 0 Å². The van der Waals surface area contributed by atoms with Crippen LogP contribution in [0.25, 0.3) is 0 Å². The van der Waals surface area contributed by atoms with Crippen molar-refractivity contribution in [2.75, 3.05) is 18.4 Å². The highest BCUT2D eigenvalue weighted by Gasteiger charge is 2.20. The first-order valence-electron chi connectivity index (χ1n) is 5.79. The van der Waals surface area contributed by atoms with Crippen LogP contribution >= 0.6 is 0 Å². The second-order valence-corrected chi connectivity index (χ2v) is 5.25. The summed E-state index contributed by atoms with van der Waals surface area (Å²) in [6.07, 6.45) is 0.203. The quantitative estimate of drug-likeness (QED) is 0.802. The van der Waals surface area contributed by atoms with Crippen LogP contribution in [-0.4, -0.2) is 24.7 Å². The number of rotatable bonds is 2. The van der Waals surface area contributed by atoms with Gasteiger partial charge in [0.15, 0.2) is 0 Å². The van der Waals surface area contributed by atoms with Gasteiger partial charge in [-0.15, -0.1) is 0 Å². The lowest BCUT2D eigenvalue weighted by Gasteiger charge is -2.30. The molecule has 2 rings (SSSR count). The summed E-state index contributed by atoms with van der Waals surface area (Å²) in [6.45, 7) is 8.22. The van der Waals surface area contributed by atoms with Gasteiger partial charge in [-0.2, -0.15) is 0 Å². The summed E-state index contributed by atoms with van der Waals surface area (Å²) in [4.78, 5) is 0. The highest BCUT2D eigenvalue weighted by atomic mass is 16.5. The zero-order valence-corrected chi connectivity index (χ0v) is 10.2. The number of ether oxygens (including phenoxy) is 1. The maximum absolute atomic E-state index is 5.90. The lowest BCUT2D eigenvalue weighted by atomic mass is 10.1. The van der Waals surface area contributed by atoms with Gasteiger partial charge in [-0.05, 0) is 32.9 Å². The average molecular weight is 220 g/mol. The minimum atomic E-state index is 0.139. The van der Waals surface area contributed by atoms with Crippen molar-refractivity contribution < 1.29 is 4.74 Å². The largest absolute Gasteiger partial charge is 0.485 e. The van der Waals surface area contributed by atoms with E-state index >= 15 is 0 Å². The minimum absolute atomic E-state index is 0.139. The van der Waals surface area contributed by atoms with Crippen LogP contribution in [0.15, 0.2) is 24.3 Å². The molecule has 3 nitrogen and oxygen atoms in total. The third-order valence-electron chi connectivity index (χ3n) is 2.56. The predicted octanol–water partition coefficient (Wildman–Crippen LogP) is 2.25. The van der Waals surface area contributed by atoms with Crippen molar-refractivity contribution in [1.82, 2.24) is 5.32 Å². The predicted molar refractivity (Wildman–Crippen MR) is 67.1 cm³/mol. The third kappa shape index (κ3) is 2.89. The Bertz CT molecular complexity index is 357. The first-order valence-corrected chi connectivity index (χ1v) is 5.79. The van der Waals surface area contributed by atoms with Gasteiger partial charge in [0.2, 0.25) is 0 Å². The van der Waals surface area contributed by atoms with Crippen molar-refractivity contribution in [3.8, 4) is 5.75 Å². The molecule has 1 aliphatic heterocycles. The van der Waals surface area contributed by atoms with Crippen LogP contribution in [0, 0.1) is 0 Å². The molecule has 0 aromatic heterocycles. The van der Waals surface area contributed by atoms with Crippen LogP contribution in [-0.2, 0) is 0 Å². The number of benzene rings is 1. The van der Waals surface area contributed by atoms with Gasteiger partial charge < -0.3 is 15.4 Å². The molecule has 0 spiro atoms. The molecule has 1 heterocycles. The van der Waals surface area contributed by atoms with Crippen molar-refractivity contribution in [3.63, 3.8) is 0 Å². The second-order valence-electron chi connectivity index (χ2n) is 5.25. The lowest BCUT2D eigenvalue weighted by molar-refractivity contribution is 0.189. The molecule has 0 amide bonds. The van der Waals surface area contributed by atoms with Crippen LogP contribution in [0.5, 0.6) is 5.75 Å². The lowest BCUT2D eigenvalue weighted by Crippen LogP contribution is -2.46. The molecule has 0 saturated heterocycles. The molecule has 16 heavy (non-hydrogen) atoms. The summed E-state index contributed by atoms with van der Waals surface area (Å²) in [5.74, 6) is 0.953. The molecule has 88 valence electrons. The summed E-state index contributed by atoms with van der Waals surface area (Å²) in [5, 5.41) is 6.84. The third-order valence-corrected chi connectivity index (χ3v) is 2.56. The molecular weight excluding hydrogens is 200 g/mol. The van der Waals surface area contributed by atoms with Crippen molar-refractivity contribution >= 4 is 5.69 Å². The van der Waals surface area contributed by atoms with E-state index in [9.17, 15) is 0 Å². The Morgan fingerprint density at radius 2 is 2.12 bits per heavy atom. The molecule has 0 fully saturated rings. The smallest absolute Gasteiger partial charge is 0.142 e. The first-order chi connectivity index (χ1) is 7.54. The highest BCUT2D eigenvalue weighted by Crippen LogP contribution is 2.27. The number of nitrogens with one attached hydrogen (secondary N) is 2. The molecule has 0 saturated carbocycles. The fourth-order valence-electron chi connectivity index (χ4n) is 1.69. The average Bonchev–Trinajstić information content (AvgIpc) is 2.25. The van der Waals surface area contributed by atoms with Gasteiger partial charge in [0, 0.05) is 12.1 Å². The van der Waals surface area contributed by atoms with E-state index < -0.39 is 0 Å². The molecule has 1 aliphatic rings. The standard InChI is InChI=1S/C13H20N2O/c1-13(2,3)15-9-10-8-14-11-6-4-5-7-12(11)16-10/h4-7,10,14-15H,8-9H2,1-3H3. The fourth-order valence-corrected chi connectivity index (χ4v) is 1.69.